The number of ketones is 2. The smallest absolute Gasteiger partial charge is 0.410 e. The van der Waals surface area contributed by atoms with E-state index in [0.29, 0.717) is 37.6 Å². The molecule has 9 nitrogen and oxygen atoms in total. The SMILES string of the molecule is CC(=O)C1=C(C)c2ccc(Nc3cnc(N4CCN(C(=O)OC(C)(C)C)CC4)cn3)cc2C(C2CCCC2)C1=O. The Morgan fingerprint density at radius 3 is 2.33 bits per heavy atom. The molecule has 1 N–H and O–H groups in total. The Morgan fingerprint density at radius 2 is 1.73 bits per heavy atom. The van der Waals surface area contributed by atoms with Gasteiger partial charge in [-0.05, 0) is 82.2 Å². The van der Waals surface area contributed by atoms with Crippen LogP contribution in [0.2, 0.25) is 0 Å². The number of ether oxygens (including phenoxy) is 1. The van der Waals surface area contributed by atoms with E-state index in [1.54, 1.807) is 17.3 Å². The maximum atomic E-state index is 13.5. The van der Waals surface area contributed by atoms with Crippen LogP contribution in [-0.4, -0.2) is 64.3 Å². The van der Waals surface area contributed by atoms with Crippen LogP contribution >= 0.6 is 0 Å². The van der Waals surface area contributed by atoms with Gasteiger partial charge in [0.25, 0.3) is 0 Å². The second-order valence-corrected chi connectivity index (χ2v) is 12.1. The number of carbonyl (C=O) groups is 3. The fourth-order valence-corrected chi connectivity index (χ4v) is 6.19. The number of fused-ring (bicyclic) bond motifs is 1. The summed E-state index contributed by atoms with van der Waals surface area (Å²) in [6.45, 7) is 11.4. The summed E-state index contributed by atoms with van der Waals surface area (Å²) in [4.78, 5) is 51.3. The van der Waals surface area contributed by atoms with Crippen molar-refractivity contribution in [2.75, 3.05) is 36.4 Å². The van der Waals surface area contributed by atoms with Gasteiger partial charge in [-0.1, -0.05) is 18.9 Å². The van der Waals surface area contributed by atoms with Crippen LogP contribution in [0.3, 0.4) is 0 Å². The summed E-state index contributed by atoms with van der Waals surface area (Å²) in [6.07, 6.45) is 7.42. The van der Waals surface area contributed by atoms with Crippen molar-refractivity contribution in [2.45, 2.75) is 71.8 Å². The van der Waals surface area contributed by atoms with Crippen LogP contribution in [0.5, 0.6) is 0 Å². The van der Waals surface area contributed by atoms with Crippen LogP contribution in [0.25, 0.3) is 5.57 Å². The second kappa shape index (κ2) is 11.0. The highest BCUT2D eigenvalue weighted by molar-refractivity contribution is 6.27. The van der Waals surface area contributed by atoms with Gasteiger partial charge >= 0.3 is 6.09 Å². The molecule has 0 bridgehead atoms. The van der Waals surface area contributed by atoms with Crippen molar-refractivity contribution >= 4 is 40.6 Å². The maximum absolute atomic E-state index is 13.5. The molecule has 0 spiro atoms. The third-order valence-electron chi connectivity index (χ3n) is 8.08. The zero-order valence-corrected chi connectivity index (χ0v) is 24.1. The number of allylic oxidation sites excluding steroid dienone is 2. The number of nitrogens with one attached hydrogen (secondary N) is 1. The summed E-state index contributed by atoms with van der Waals surface area (Å²) in [7, 11) is 0. The first kappa shape index (κ1) is 27.8. The van der Waals surface area contributed by atoms with Gasteiger partial charge in [0.05, 0.1) is 23.9 Å². The molecule has 1 aliphatic heterocycles. The van der Waals surface area contributed by atoms with Crippen LogP contribution in [0.1, 0.15) is 77.3 Å². The molecule has 5 rings (SSSR count). The predicted molar refractivity (Wildman–Crippen MR) is 155 cm³/mol. The normalized spacial score (nSPS) is 20.0. The van der Waals surface area contributed by atoms with Crippen molar-refractivity contribution in [2.24, 2.45) is 5.92 Å². The Kier molecular flexibility index (Phi) is 7.66. The van der Waals surface area contributed by atoms with Gasteiger partial charge in [0.2, 0.25) is 0 Å². The van der Waals surface area contributed by atoms with Crippen LogP contribution < -0.4 is 10.2 Å². The van der Waals surface area contributed by atoms with Crippen molar-refractivity contribution in [1.29, 1.82) is 0 Å². The van der Waals surface area contributed by atoms with Gasteiger partial charge in [-0.25, -0.2) is 14.8 Å². The first-order valence-electron chi connectivity index (χ1n) is 14.2. The summed E-state index contributed by atoms with van der Waals surface area (Å²) >= 11 is 0. The second-order valence-electron chi connectivity index (χ2n) is 12.1. The highest BCUT2D eigenvalue weighted by Gasteiger charge is 2.40. The molecule has 2 fully saturated rings. The average Bonchev–Trinajstić information content (AvgIpc) is 3.42. The van der Waals surface area contributed by atoms with Gasteiger partial charge in [-0.3, -0.25) is 9.59 Å². The molecule has 2 aliphatic carbocycles. The lowest BCUT2D eigenvalue weighted by molar-refractivity contribution is -0.122. The molecule has 1 saturated heterocycles. The van der Waals surface area contributed by atoms with Crippen LogP contribution in [0, 0.1) is 5.92 Å². The van der Waals surface area contributed by atoms with Gasteiger partial charge in [0.15, 0.2) is 11.6 Å². The van der Waals surface area contributed by atoms with E-state index in [2.05, 4.69) is 20.2 Å². The third-order valence-corrected chi connectivity index (χ3v) is 8.08. The molecule has 1 amide bonds. The van der Waals surface area contributed by atoms with Gasteiger partial charge < -0.3 is 19.9 Å². The van der Waals surface area contributed by atoms with E-state index in [4.69, 9.17) is 4.74 Å². The lowest BCUT2D eigenvalue weighted by Gasteiger charge is -2.36. The highest BCUT2D eigenvalue weighted by atomic mass is 16.6. The highest BCUT2D eigenvalue weighted by Crippen LogP contribution is 2.46. The van der Waals surface area contributed by atoms with Crippen LogP contribution in [0.4, 0.5) is 22.1 Å². The third kappa shape index (κ3) is 5.74. The molecule has 0 radical (unpaired) electrons. The van der Waals surface area contributed by atoms with Gasteiger partial charge in [0.1, 0.15) is 17.2 Å². The standard InChI is InChI=1S/C31H39N5O4/c1-19-23-11-10-22(16-24(23)28(21-8-6-7-9-21)29(38)27(19)20(2)37)34-25-17-33-26(18-32-25)35-12-14-36(15-13-35)30(39)40-31(3,4)5/h10-11,16-18,21,28H,6-9,12-15H2,1-5H3,(H,32,34). The Morgan fingerprint density at radius 1 is 1.02 bits per heavy atom. The molecule has 2 heterocycles. The number of anilines is 3. The zero-order chi connectivity index (χ0) is 28.6. The van der Waals surface area contributed by atoms with E-state index in [-0.39, 0.29) is 29.5 Å². The number of aromatic nitrogens is 2. The van der Waals surface area contributed by atoms with Crippen LogP contribution in [0.15, 0.2) is 36.2 Å². The lowest BCUT2D eigenvalue weighted by atomic mass is 9.71. The molecule has 212 valence electrons. The Bertz CT molecular complexity index is 1330. The molecular formula is C31H39N5O4. The molecule has 2 aromatic rings. The number of hydrogen-bond acceptors (Lipinski definition) is 8. The minimum atomic E-state index is -0.513. The topological polar surface area (TPSA) is 105 Å². The number of benzene rings is 1. The van der Waals surface area contributed by atoms with E-state index < -0.39 is 5.60 Å². The summed E-state index contributed by atoms with van der Waals surface area (Å²) in [5.41, 5.74) is 3.43. The number of rotatable bonds is 5. The molecule has 1 unspecified atom stereocenters. The van der Waals surface area contributed by atoms with E-state index in [9.17, 15) is 14.4 Å². The fourth-order valence-electron chi connectivity index (χ4n) is 6.19. The Labute approximate surface area is 236 Å². The fraction of sp³-hybridized carbons (Fsp3) is 0.516. The van der Waals surface area contributed by atoms with Crippen LogP contribution in [-0.2, 0) is 14.3 Å². The van der Waals surface area contributed by atoms with Crippen molar-refractivity contribution in [3.05, 3.63) is 47.3 Å². The summed E-state index contributed by atoms with van der Waals surface area (Å²) in [5, 5.41) is 3.35. The first-order chi connectivity index (χ1) is 19.0. The van der Waals surface area contributed by atoms with E-state index >= 15 is 0 Å². The van der Waals surface area contributed by atoms with Gasteiger partial charge in [-0.2, -0.15) is 0 Å². The minimum Gasteiger partial charge on any atom is -0.444 e. The van der Waals surface area contributed by atoms with Crippen molar-refractivity contribution in [3.63, 3.8) is 0 Å². The van der Waals surface area contributed by atoms with Gasteiger partial charge in [0, 0.05) is 31.9 Å². The Hall–Kier alpha value is -3.75. The van der Waals surface area contributed by atoms with E-state index in [0.717, 1.165) is 53.9 Å². The van der Waals surface area contributed by atoms with Crippen molar-refractivity contribution in [3.8, 4) is 0 Å². The number of Topliss-reactive ketones (excluding diaryl/α,β-unsaturated/α-hetero) is 2. The molecule has 3 aliphatic rings. The molecule has 1 aromatic heterocycles. The lowest BCUT2D eigenvalue weighted by Crippen LogP contribution is -2.50. The number of hydrogen-bond donors (Lipinski definition) is 1. The van der Waals surface area contributed by atoms with Crippen molar-refractivity contribution in [1.82, 2.24) is 14.9 Å². The molecule has 1 saturated carbocycles. The summed E-state index contributed by atoms with van der Waals surface area (Å²) in [6, 6.07) is 6.02. The zero-order valence-electron chi connectivity index (χ0n) is 24.1. The summed E-state index contributed by atoms with van der Waals surface area (Å²) < 4.78 is 5.48. The van der Waals surface area contributed by atoms with E-state index in [1.165, 1.54) is 6.92 Å². The van der Waals surface area contributed by atoms with E-state index in [1.807, 2.05) is 45.9 Å². The van der Waals surface area contributed by atoms with Crippen molar-refractivity contribution < 1.29 is 19.1 Å². The quantitative estimate of drug-likeness (QED) is 0.492. The number of carbonyl (C=O) groups excluding carboxylic acids is 3. The molecule has 1 atom stereocenters. The maximum Gasteiger partial charge on any atom is 0.410 e. The first-order valence-corrected chi connectivity index (χ1v) is 14.2. The minimum absolute atomic E-state index is 0.0301. The molecule has 1 aromatic carbocycles. The monoisotopic (exact) mass is 545 g/mol. The molecule has 9 heteroatoms. The molecule has 40 heavy (non-hydrogen) atoms. The van der Waals surface area contributed by atoms with Gasteiger partial charge in [-0.15, -0.1) is 0 Å². The number of nitrogens with zero attached hydrogens (tertiary/aromatic N) is 4. The Balaban J connectivity index is 1.29. The molecular weight excluding hydrogens is 506 g/mol. The number of piperazine rings is 1. The number of amides is 1. The predicted octanol–water partition coefficient (Wildman–Crippen LogP) is 5.50. The summed E-state index contributed by atoms with van der Waals surface area (Å²) in [5.74, 6) is 1.16. The largest absolute Gasteiger partial charge is 0.444 e. The average molecular weight is 546 g/mol.